The van der Waals surface area contributed by atoms with Gasteiger partial charge in [-0.05, 0) is 36.2 Å². The molecule has 3 N–H and O–H groups in total. The molecule has 5 heteroatoms. The smallest absolute Gasteiger partial charge is 0.319 e. The molecular weight excluding hydrogens is 302 g/mol. The second-order valence-electron chi connectivity index (χ2n) is 5.77. The van der Waals surface area contributed by atoms with Gasteiger partial charge in [-0.3, -0.25) is 0 Å². The Balaban J connectivity index is 1.91. The van der Waals surface area contributed by atoms with Gasteiger partial charge in [0.05, 0.1) is 12.6 Å². The van der Waals surface area contributed by atoms with E-state index in [9.17, 15) is 4.79 Å². The molecular formula is C19H25N3O2. The molecule has 1 atom stereocenters. The molecule has 0 radical (unpaired) electrons. The van der Waals surface area contributed by atoms with Crippen LogP contribution in [0.1, 0.15) is 18.9 Å². The van der Waals surface area contributed by atoms with E-state index in [-0.39, 0.29) is 18.7 Å². The zero-order valence-electron chi connectivity index (χ0n) is 14.2. The maximum absolute atomic E-state index is 11.9. The number of anilines is 2. The molecule has 0 aliphatic heterocycles. The Labute approximate surface area is 143 Å². The predicted octanol–water partition coefficient (Wildman–Crippen LogP) is 3.22. The molecule has 24 heavy (non-hydrogen) atoms. The first kappa shape index (κ1) is 17.8. The summed E-state index contributed by atoms with van der Waals surface area (Å²) in [5.41, 5.74) is 3.04. The van der Waals surface area contributed by atoms with Crippen LogP contribution in [0.25, 0.3) is 0 Å². The van der Waals surface area contributed by atoms with Crippen molar-refractivity contribution >= 4 is 17.4 Å². The third kappa shape index (κ3) is 5.28. The van der Waals surface area contributed by atoms with E-state index in [1.54, 1.807) is 0 Å². The molecule has 0 saturated carbocycles. The minimum Gasteiger partial charge on any atom is -0.394 e. The Morgan fingerprint density at radius 2 is 1.79 bits per heavy atom. The summed E-state index contributed by atoms with van der Waals surface area (Å²) in [6, 6.07) is 17.4. The Hall–Kier alpha value is -2.53. The summed E-state index contributed by atoms with van der Waals surface area (Å²) in [6.07, 6.45) is 0.688. The summed E-state index contributed by atoms with van der Waals surface area (Å²) in [5, 5.41) is 14.6. The highest BCUT2D eigenvalue weighted by Crippen LogP contribution is 2.18. The van der Waals surface area contributed by atoms with Crippen molar-refractivity contribution in [1.82, 2.24) is 5.32 Å². The van der Waals surface area contributed by atoms with Crippen molar-refractivity contribution in [2.24, 2.45) is 0 Å². The van der Waals surface area contributed by atoms with Gasteiger partial charge in [-0.15, -0.1) is 0 Å². The summed E-state index contributed by atoms with van der Waals surface area (Å²) in [7, 11) is 2.04. The summed E-state index contributed by atoms with van der Waals surface area (Å²) in [5.74, 6) is 0. The number of carbonyl (C=O) groups excluding carboxylic acids is 1. The summed E-state index contributed by atoms with van der Waals surface area (Å²) in [4.78, 5) is 14.0. The summed E-state index contributed by atoms with van der Waals surface area (Å²) in [6.45, 7) is 2.68. The summed E-state index contributed by atoms with van der Waals surface area (Å²) < 4.78 is 0. The molecule has 2 rings (SSSR count). The molecule has 128 valence electrons. The number of hydrogen-bond donors (Lipinski definition) is 3. The number of rotatable bonds is 7. The van der Waals surface area contributed by atoms with Crippen molar-refractivity contribution in [2.75, 3.05) is 23.9 Å². The number of carbonyl (C=O) groups is 1. The molecule has 0 spiro atoms. The lowest BCUT2D eigenvalue weighted by Gasteiger charge is -2.20. The molecule has 0 saturated heterocycles. The standard InChI is InChI=1S/C19H25N3O2/c1-3-16(14-23)20-19(24)21-17-9-11-18(12-10-17)22(2)13-15-7-5-4-6-8-15/h4-12,16,23H,3,13-14H2,1-2H3,(H2,20,21,24). The van der Waals surface area contributed by atoms with Crippen LogP contribution in [0.15, 0.2) is 54.6 Å². The number of benzene rings is 2. The lowest BCUT2D eigenvalue weighted by Crippen LogP contribution is -2.39. The van der Waals surface area contributed by atoms with Crippen molar-refractivity contribution in [1.29, 1.82) is 0 Å². The van der Waals surface area contributed by atoms with E-state index < -0.39 is 0 Å². The van der Waals surface area contributed by atoms with Crippen LogP contribution in [0.2, 0.25) is 0 Å². The molecule has 0 fully saturated rings. The normalized spacial score (nSPS) is 11.6. The fourth-order valence-corrected chi connectivity index (χ4v) is 2.38. The van der Waals surface area contributed by atoms with Gasteiger partial charge < -0.3 is 20.6 Å². The van der Waals surface area contributed by atoms with Gasteiger partial charge in [-0.2, -0.15) is 0 Å². The number of aliphatic hydroxyl groups excluding tert-OH is 1. The molecule has 2 amide bonds. The quantitative estimate of drug-likeness (QED) is 0.731. The highest BCUT2D eigenvalue weighted by molar-refractivity contribution is 5.89. The zero-order chi connectivity index (χ0) is 17.4. The average Bonchev–Trinajstić information content (AvgIpc) is 2.61. The van der Waals surface area contributed by atoms with E-state index in [0.717, 1.165) is 17.9 Å². The maximum atomic E-state index is 11.9. The van der Waals surface area contributed by atoms with Crippen LogP contribution in [0, 0.1) is 0 Å². The molecule has 1 unspecified atom stereocenters. The molecule has 0 bridgehead atoms. The van der Waals surface area contributed by atoms with E-state index in [1.165, 1.54) is 5.56 Å². The second-order valence-corrected chi connectivity index (χ2v) is 5.77. The van der Waals surface area contributed by atoms with E-state index in [4.69, 9.17) is 5.11 Å². The highest BCUT2D eigenvalue weighted by atomic mass is 16.3. The van der Waals surface area contributed by atoms with E-state index in [1.807, 2.05) is 56.4 Å². The Bertz CT molecular complexity index is 625. The first-order chi connectivity index (χ1) is 11.6. The van der Waals surface area contributed by atoms with Crippen molar-refractivity contribution in [3.8, 4) is 0 Å². The second kappa shape index (κ2) is 8.93. The number of hydrogen-bond acceptors (Lipinski definition) is 3. The van der Waals surface area contributed by atoms with Gasteiger partial charge in [-0.25, -0.2) is 4.79 Å². The Morgan fingerprint density at radius 3 is 2.38 bits per heavy atom. The fraction of sp³-hybridized carbons (Fsp3) is 0.316. The Morgan fingerprint density at radius 1 is 1.12 bits per heavy atom. The molecule has 5 nitrogen and oxygen atoms in total. The number of urea groups is 1. The van der Waals surface area contributed by atoms with Gasteiger partial charge in [0.2, 0.25) is 0 Å². The van der Waals surface area contributed by atoms with Crippen LogP contribution in [0.5, 0.6) is 0 Å². The lowest BCUT2D eigenvalue weighted by atomic mass is 10.2. The van der Waals surface area contributed by atoms with E-state index in [2.05, 4.69) is 27.7 Å². The zero-order valence-corrected chi connectivity index (χ0v) is 14.2. The molecule has 0 aliphatic rings. The van der Waals surface area contributed by atoms with Crippen LogP contribution in [-0.2, 0) is 6.54 Å². The number of amides is 2. The summed E-state index contributed by atoms with van der Waals surface area (Å²) >= 11 is 0. The minimum atomic E-state index is -0.304. The fourth-order valence-electron chi connectivity index (χ4n) is 2.38. The molecule has 0 heterocycles. The van der Waals surface area contributed by atoms with Crippen molar-refractivity contribution in [2.45, 2.75) is 25.9 Å². The topological polar surface area (TPSA) is 64.6 Å². The van der Waals surface area contributed by atoms with Crippen molar-refractivity contribution < 1.29 is 9.90 Å². The third-order valence-electron chi connectivity index (χ3n) is 3.88. The maximum Gasteiger partial charge on any atom is 0.319 e. The number of nitrogens with one attached hydrogen (secondary N) is 2. The monoisotopic (exact) mass is 327 g/mol. The average molecular weight is 327 g/mol. The van der Waals surface area contributed by atoms with Crippen molar-refractivity contribution in [3.63, 3.8) is 0 Å². The van der Waals surface area contributed by atoms with Gasteiger partial charge in [0.1, 0.15) is 0 Å². The van der Waals surface area contributed by atoms with Gasteiger partial charge in [0.15, 0.2) is 0 Å². The van der Waals surface area contributed by atoms with Gasteiger partial charge in [0, 0.05) is 25.0 Å². The van der Waals surface area contributed by atoms with Crippen molar-refractivity contribution in [3.05, 3.63) is 60.2 Å². The van der Waals surface area contributed by atoms with Crippen LogP contribution < -0.4 is 15.5 Å². The van der Waals surface area contributed by atoms with Crippen LogP contribution >= 0.6 is 0 Å². The molecule has 0 aliphatic carbocycles. The van der Waals surface area contributed by atoms with Crippen LogP contribution in [-0.4, -0.2) is 30.8 Å². The Kier molecular flexibility index (Phi) is 6.63. The van der Waals surface area contributed by atoms with Crippen LogP contribution in [0.4, 0.5) is 16.2 Å². The molecule has 2 aromatic carbocycles. The van der Waals surface area contributed by atoms with Gasteiger partial charge >= 0.3 is 6.03 Å². The van der Waals surface area contributed by atoms with E-state index >= 15 is 0 Å². The van der Waals surface area contributed by atoms with Gasteiger partial charge in [0.25, 0.3) is 0 Å². The first-order valence-electron chi connectivity index (χ1n) is 8.16. The number of aliphatic hydroxyl groups is 1. The van der Waals surface area contributed by atoms with Gasteiger partial charge in [-0.1, -0.05) is 37.3 Å². The third-order valence-corrected chi connectivity index (χ3v) is 3.88. The SMILES string of the molecule is CCC(CO)NC(=O)Nc1ccc(N(C)Cc2ccccc2)cc1. The number of nitrogens with zero attached hydrogens (tertiary/aromatic N) is 1. The van der Waals surface area contributed by atoms with Crippen LogP contribution in [0.3, 0.4) is 0 Å². The molecule has 0 aromatic heterocycles. The first-order valence-corrected chi connectivity index (χ1v) is 8.16. The van der Waals surface area contributed by atoms with E-state index in [0.29, 0.717) is 6.42 Å². The lowest BCUT2D eigenvalue weighted by molar-refractivity contribution is 0.222. The molecule has 2 aromatic rings. The predicted molar refractivity (Wildman–Crippen MR) is 98.3 cm³/mol. The minimum absolute atomic E-state index is 0.0624. The highest BCUT2D eigenvalue weighted by Gasteiger charge is 2.09. The largest absolute Gasteiger partial charge is 0.394 e.